The van der Waals surface area contributed by atoms with Crippen molar-refractivity contribution in [1.82, 2.24) is 9.97 Å². The minimum Gasteiger partial charge on any atom is -0.461 e. The number of carbonyl (C=O) groups excluding carboxylic acids is 1. The Balaban J connectivity index is 2.27. The zero-order valence-electron chi connectivity index (χ0n) is 12.7. The van der Waals surface area contributed by atoms with Crippen LogP contribution in [0.1, 0.15) is 28.7 Å². The molecule has 0 amide bonds. The first-order chi connectivity index (χ1) is 11.3. The van der Waals surface area contributed by atoms with Crippen molar-refractivity contribution in [3.05, 3.63) is 57.0 Å². The van der Waals surface area contributed by atoms with Gasteiger partial charge in [-0.15, -0.1) is 0 Å². The summed E-state index contributed by atoms with van der Waals surface area (Å²) in [7, 11) is -3.60. The molecule has 128 valence electrons. The highest BCUT2D eigenvalue weighted by molar-refractivity contribution is 9.10. The van der Waals surface area contributed by atoms with Crippen molar-refractivity contribution in [1.29, 1.82) is 0 Å². The number of nitrogens with zero attached hydrogens (tertiary/aromatic N) is 2. The number of esters is 1. The lowest BCUT2D eigenvalue weighted by atomic mass is 10.2. The van der Waals surface area contributed by atoms with Crippen molar-refractivity contribution in [2.75, 3.05) is 6.61 Å². The second kappa shape index (κ2) is 8.04. The summed E-state index contributed by atoms with van der Waals surface area (Å²) >= 11 is 9.21. The molecule has 0 saturated heterocycles. The maximum atomic E-state index is 12.5. The van der Waals surface area contributed by atoms with Gasteiger partial charge in [0.15, 0.2) is 15.5 Å². The Morgan fingerprint density at radius 3 is 2.67 bits per heavy atom. The van der Waals surface area contributed by atoms with Crippen LogP contribution in [0.15, 0.2) is 35.1 Å². The van der Waals surface area contributed by atoms with E-state index in [0.29, 0.717) is 15.1 Å². The number of halogens is 2. The van der Waals surface area contributed by atoms with Crippen LogP contribution >= 0.6 is 27.5 Å². The molecule has 0 N–H and O–H groups in total. The van der Waals surface area contributed by atoms with E-state index >= 15 is 0 Å². The molecule has 0 aliphatic rings. The number of carbonyl (C=O) groups is 1. The van der Waals surface area contributed by atoms with Gasteiger partial charge in [-0.25, -0.2) is 18.2 Å². The number of rotatable bonds is 6. The molecular formula is C15H14BrClN2O4S. The second-order valence-electron chi connectivity index (χ2n) is 4.84. The molecule has 0 spiro atoms. The first kappa shape index (κ1) is 18.8. The molecule has 1 heterocycles. The Hall–Kier alpha value is -1.51. The number of hydrogen-bond donors (Lipinski definition) is 0. The summed E-state index contributed by atoms with van der Waals surface area (Å²) in [6.45, 7) is 1.82. The standard InChI is InChI=1S/C15H14BrClN2O4S/c1-2-23-15(20)14-13(18-5-6-19-14)9-24(21,22)8-10-7-11(17)3-4-12(10)16/h3-7H,2,8-9H2,1H3. The van der Waals surface area contributed by atoms with Gasteiger partial charge in [0.1, 0.15) is 0 Å². The highest BCUT2D eigenvalue weighted by Crippen LogP contribution is 2.24. The van der Waals surface area contributed by atoms with Crippen LogP contribution in [0.3, 0.4) is 0 Å². The smallest absolute Gasteiger partial charge is 0.358 e. The fourth-order valence-corrected chi connectivity index (χ4v) is 4.20. The number of hydrogen-bond acceptors (Lipinski definition) is 6. The summed E-state index contributed by atoms with van der Waals surface area (Å²) in [5.41, 5.74) is 0.506. The van der Waals surface area contributed by atoms with E-state index in [0.717, 1.165) is 0 Å². The third-order valence-electron chi connectivity index (χ3n) is 2.98. The Kier molecular flexibility index (Phi) is 6.31. The molecule has 2 aromatic rings. The van der Waals surface area contributed by atoms with Gasteiger partial charge in [0, 0.05) is 21.9 Å². The molecule has 6 nitrogen and oxygen atoms in total. The highest BCUT2D eigenvalue weighted by atomic mass is 79.9. The lowest BCUT2D eigenvalue weighted by molar-refractivity contribution is 0.0517. The molecule has 0 aliphatic heterocycles. The van der Waals surface area contributed by atoms with Gasteiger partial charge in [0.25, 0.3) is 0 Å². The number of benzene rings is 1. The Morgan fingerprint density at radius 1 is 1.25 bits per heavy atom. The maximum absolute atomic E-state index is 12.5. The number of sulfone groups is 1. The van der Waals surface area contributed by atoms with E-state index in [1.165, 1.54) is 12.4 Å². The van der Waals surface area contributed by atoms with Crippen LogP contribution < -0.4 is 0 Å². The van der Waals surface area contributed by atoms with Gasteiger partial charge < -0.3 is 4.74 Å². The van der Waals surface area contributed by atoms with E-state index in [-0.39, 0.29) is 23.7 Å². The molecule has 0 fully saturated rings. The molecule has 0 aliphatic carbocycles. The van der Waals surface area contributed by atoms with E-state index in [9.17, 15) is 13.2 Å². The first-order valence-corrected chi connectivity index (χ1v) is 9.93. The van der Waals surface area contributed by atoms with Crippen LogP contribution in [-0.2, 0) is 26.1 Å². The zero-order valence-corrected chi connectivity index (χ0v) is 15.9. The minimum absolute atomic E-state index is 0.0640. The summed E-state index contributed by atoms with van der Waals surface area (Å²) in [5, 5.41) is 0.440. The second-order valence-corrected chi connectivity index (χ2v) is 8.20. The quantitative estimate of drug-likeness (QED) is 0.650. The summed E-state index contributed by atoms with van der Waals surface area (Å²) in [6, 6.07) is 4.91. The molecule has 0 radical (unpaired) electrons. The van der Waals surface area contributed by atoms with E-state index < -0.39 is 21.6 Å². The van der Waals surface area contributed by atoms with E-state index in [4.69, 9.17) is 16.3 Å². The average Bonchev–Trinajstić information content (AvgIpc) is 2.51. The van der Waals surface area contributed by atoms with Crippen molar-refractivity contribution in [3.63, 3.8) is 0 Å². The predicted octanol–water partition coefficient (Wildman–Crippen LogP) is 3.18. The lowest BCUT2D eigenvalue weighted by Gasteiger charge is -2.09. The molecule has 2 rings (SSSR count). The van der Waals surface area contributed by atoms with Gasteiger partial charge in [0.2, 0.25) is 0 Å². The third-order valence-corrected chi connectivity index (χ3v) is 5.46. The van der Waals surface area contributed by atoms with Crippen LogP contribution in [-0.4, -0.2) is 31.0 Å². The van der Waals surface area contributed by atoms with Gasteiger partial charge in [-0.05, 0) is 30.7 Å². The van der Waals surface area contributed by atoms with Crippen LogP contribution in [0.4, 0.5) is 0 Å². The third kappa shape index (κ3) is 4.99. The zero-order chi connectivity index (χ0) is 17.7. The van der Waals surface area contributed by atoms with Crippen molar-refractivity contribution >= 4 is 43.3 Å². The van der Waals surface area contributed by atoms with Gasteiger partial charge >= 0.3 is 5.97 Å². The molecule has 1 aromatic heterocycles. The molecule has 0 unspecified atom stereocenters. The highest BCUT2D eigenvalue weighted by Gasteiger charge is 2.22. The van der Waals surface area contributed by atoms with Gasteiger partial charge in [-0.2, -0.15) is 0 Å². The van der Waals surface area contributed by atoms with Crippen molar-refractivity contribution < 1.29 is 17.9 Å². The van der Waals surface area contributed by atoms with Crippen LogP contribution in [0.2, 0.25) is 5.02 Å². The van der Waals surface area contributed by atoms with E-state index in [1.54, 1.807) is 25.1 Å². The average molecular weight is 434 g/mol. The van der Waals surface area contributed by atoms with Crippen molar-refractivity contribution in [2.24, 2.45) is 0 Å². The Labute approximate surface area is 153 Å². The monoisotopic (exact) mass is 432 g/mol. The predicted molar refractivity (Wildman–Crippen MR) is 93.5 cm³/mol. The molecule has 0 saturated carbocycles. The van der Waals surface area contributed by atoms with Gasteiger partial charge in [0.05, 0.1) is 23.8 Å². The maximum Gasteiger partial charge on any atom is 0.358 e. The van der Waals surface area contributed by atoms with Gasteiger partial charge in [-0.3, -0.25) is 4.98 Å². The SMILES string of the molecule is CCOC(=O)c1nccnc1CS(=O)(=O)Cc1cc(Cl)ccc1Br. The Morgan fingerprint density at radius 2 is 1.96 bits per heavy atom. The molecule has 9 heteroatoms. The molecule has 0 bridgehead atoms. The van der Waals surface area contributed by atoms with Crippen molar-refractivity contribution in [2.45, 2.75) is 18.4 Å². The summed E-state index contributed by atoms with van der Waals surface area (Å²) < 4.78 is 30.5. The van der Waals surface area contributed by atoms with Crippen LogP contribution in [0.5, 0.6) is 0 Å². The largest absolute Gasteiger partial charge is 0.461 e. The molecule has 0 atom stereocenters. The first-order valence-electron chi connectivity index (χ1n) is 6.93. The van der Waals surface area contributed by atoms with Crippen LogP contribution in [0.25, 0.3) is 0 Å². The Bertz CT molecular complexity index is 858. The molecule has 24 heavy (non-hydrogen) atoms. The van der Waals surface area contributed by atoms with Crippen molar-refractivity contribution in [3.8, 4) is 0 Å². The normalized spacial score (nSPS) is 11.3. The van der Waals surface area contributed by atoms with Gasteiger partial charge in [-0.1, -0.05) is 27.5 Å². The fourth-order valence-electron chi connectivity index (χ4n) is 1.99. The number of aromatic nitrogens is 2. The molecular weight excluding hydrogens is 420 g/mol. The molecule has 1 aromatic carbocycles. The fraction of sp³-hybridized carbons (Fsp3) is 0.267. The minimum atomic E-state index is -3.60. The topological polar surface area (TPSA) is 86.2 Å². The lowest BCUT2D eigenvalue weighted by Crippen LogP contribution is -2.16. The van der Waals surface area contributed by atoms with Crippen LogP contribution in [0, 0.1) is 0 Å². The summed E-state index contributed by atoms with van der Waals surface area (Å²) in [4.78, 5) is 19.7. The summed E-state index contributed by atoms with van der Waals surface area (Å²) in [5.74, 6) is -1.36. The number of ether oxygens (including phenoxy) is 1. The van der Waals surface area contributed by atoms with E-state index in [1.807, 2.05) is 0 Å². The van der Waals surface area contributed by atoms with E-state index in [2.05, 4.69) is 25.9 Å². The summed E-state index contributed by atoms with van der Waals surface area (Å²) in [6.07, 6.45) is 2.65.